The Balaban J connectivity index is 1.54. The number of morpholine rings is 1. The minimum absolute atomic E-state index is 0.100. The summed E-state index contributed by atoms with van der Waals surface area (Å²) in [6, 6.07) is 6.16. The molecule has 10 heteroatoms. The first-order valence-corrected chi connectivity index (χ1v) is 10.9. The van der Waals surface area contributed by atoms with Crippen LogP contribution in [0.15, 0.2) is 29.2 Å². The van der Waals surface area contributed by atoms with Gasteiger partial charge in [-0.25, -0.2) is 8.42 Å². The summed E-state index contributed by atoms with van der Waals surface area (Å²) in [6.07, 6.45) is 0. The minimum atomic E-state index is -3.58. The number of carbonyl (C=O) groups excluding carboxylic acids is 2. The molecule has 0 aromatic heterocycles. The van der Waals surface area contributed by atoms with Crippen LogP contribution in [-0.2, 0) is 24.3 Å². The predicted molar refractivity (Wildman–Crippen MR) is 102 cm³/mol. The maximum atomic E-state index is 12.8. The Labute approximate surface area is 165 Å². The Morgan fingerprint density at radius 3 is 2.25 bits per heavy atom. The Morgan fingerprint density at radius 1 is 1.07 bits per heavy atom. The van der Waals surface area contributed by atoms with Gasteiger partial charge < -0.3 is 19.9 Å². The number of sulfonamides is 1. The molecule has 0 spiro atoms. The average Bonchev–Trinajstić information content (AvgIpc) is 2.69. The summed E-state index contributed by atoms with van der Waals surface area (Å²) in [4.78, 5) is 26.6. The van der Waals surface area contributed by atoms with Crippen molar-refractivity contribution in [1.29, 1.82) is 0 Å². The van der Waals surface area contributed by atoms with Crippen LogP contribution in [0.3, 0.4) is 0 Å². The predicted octanol–water partition coefficient (Wildman–Crippen LogP) is -1.61. The number of quaternary nitrogens is 1. The van der Waals surface area contributed by atoms with Gasteiger partial charge in [0.2, 0.25) is 15.9 Å². The lowest BCUT2D eigenvalue weighted by atomic mass is 10.3. The number of nitrogens with zero attached hydrogens (tertiary/aromatic N) is 2. The quantitative estimate of drug-likeness (QED) is 0.608. The van der Waals surface area contributed by atoms with Crippen molar-refractivity contribution in [2.24, 2.45) is 0 Å². The summed E-state index contributed by atoms with van der Waals surface area (Å²) in [7, 11) is -3.58. The second-order valence-electron chi connectivity index (χ2n) is 7.03. The lowest BCUT2D eigenvalue weighted by molar-refractivity contribution is -0.896. The van der Waals surface area contributed by atoms with Crippen molar-refractivity contribution in [1.82, 2.24) is 9.21 Å². The van der Waals surface area contributed by atoms with E-state index < -0.39 is 10.0 Å². The third-order valence-corrected chi connectivity index (χ3v) is 6.92. The highest BCUT2D eigenvalue weighted by atomic mass is 32.2. The van der Waals surface area contributed by atoms with Gasteiger partial charge in [-0.05, 0) is 24.3 Å². The van der Waals surface area contributed by atoms with Gasteiger partial charge in [0.15, 0.2) is 6.54 Å². The molecule has 2 heterocycles. The van der Waals surface area contributed by atoms with Crippen molar-refractivity contribution in [2.45, 2.75) is 11.8 Å². The summed E-state index contributed by atoms with van der Waals surface area (Å²) in [5.41, 5.74) is 0.558. The summed E-state index contributed by atoms with van der Waals surface area (Å²) >= 11 is 0. The van der Waals surface area contributed by atoms with E-state index in [4.69, 9.17) is 4.74 Å². The van der Waals surface area contributed by atoms with Crippen LogP contribution in [0.4, 0.5) is 5.69 Å². The number of piperazine rings is 1. The molecule has 0 atom stereocenters. The van der Waals surface area contributed by atoms with Crippen LogP contribution in [0.1, 0.15) is 6.92 Å². The molecular weight excluding hydrogens is 384 g/mol. The third-order valence-electron chi connectivity index (χ3n) is 5.01. The van der Waals surface area contributed by atoms with Crippen molar-refractivity contribution < 1.29 is 27.6 Å². The van der Waals surface area contributed by atoms with Gasteiger partial charge in [-0.15, -0.1) is 0 Å². The van der Waals surface area contributed by atoms with Crippen LogP contribution in [0.5, 0.6) is 0 Å². The molecule has 2 aliphatic rings. The number of ether oxygens (including phenoxy) is 1. The Bertz CT molecular complexity index is 798. The second kappa shape index (κ2) is 8.99. The zero-order valence-electron chi connectivity index (χ0n) is 16.0. The van der Waals surface area contributed by atoms with Crippen LogP contribution in [0.25, 0.3) is 0 Å². The van der Waals surface area contributed by atoms with Crippen LogP contribution >= 0.6 is 0 Å². The maximum Gasteiger partial charge on any atom is 0.277 e. The zero-order valence-corrected chi connectivity index (χ0v) is 16.8. The number of rotatable bonds is 5. The van der Waals surface area contributed by atoms with Gasteiger partial charge in [0.1, 0.15) is 0 Å². The fourth-order valence-corrected chi connectivity index (χ4v) is 4.86. The number of amides is 2. The lowest BCUT2D eigenvalue weighted by Crippen LogP contribution is -3.15. The molecule has 2 fully saturated rings. The number of anilines is 1. The molecule has 2 saturated heterocycles. The standard InChI is InChI=1S/C18H26N4O5S/c1-15(23)19-16-2-4-17(5-3-16)28(25,26)22-8-6-20(7-9-22)14-18(24)21-10-12-27-13-11-21/h2-5H,6-14H2,1H3,(H,19,23)/p+1. The van der Waals surface area contributed by atoms with Gasteiger partial charge in [-0.2, -0.15) is 4.31 Å². The van der Waals surface area contributed by atoms with E-state index in [0.717, 1.165) is 4.90 Å². The summed E-state index contributed by atoms with van der Waals surface area (Å²) in [6.45, 7) is 6.14. The Kier molecular flexibility index (Phi) is 6.65. The van der Waals surface area contributed by atoms with Crippen molar-refractivity contribution in [2.75, 3.05) is 64.3 Å². The van der Waals surface area contributed by atoms with Gasteiger partial charge in [-0.3, -0.25) is 9.59 Å². The molecule has 1 aromatic rings. The second-order valence-corrected chi connectivity index (χ2v) is 8.97. The van der Waals surface area contributed by atoms with E-state index in [2.05, 4.69) is 5.32 Å². The molecule has 154 valence electrons. The van der Waals surface area contributed by atoms with Gasteiger partial charge in [0, 0.05) is 25.7 Å². The van der Waals surface area contributed by atoms with Gasteiger partial charge in [0.05, 0.1) is 44.3 Å². The van der Waals surface area contributed by atoms with Crippen LogP contribution in [0, 0.1) is 0 Å². The van der Waals surface area contributed by atoms with Crippen molar-refractivity contribution >= 4 is 27.5 Å². The number of nitrogens with one attached hydrogen (secondary N) is 2. The molecule has 1 aromatic carbocycles. The highest BCUT2D eigenvalue weighted by Gasteiger charge is 2.32. The van der Waals surface area contributed by atoms with E-state index >= 15 is 0 Å². The molecule has 3 rings (SSSR count). The first-order valence-electron chi connectivity index (χ1n) is 9.43. The summed E-state index contributed by atoms with van der Waals surface area (Å²) in [5, 5.41) is 2.62. The van der Waals surface area contributed by atoms with E-state index in [1.54, 1.807) is 12.1 Å². The maximum absolute atomic E-state index is 12.8. The largest absolute Gasteiger partial charge is 0.378 e. The Morgan fingerprint density at radius 2 is 1.68 bits per heavy atom. The summed E-state index contributed by atoms with van der Waals surface area (Å²) < 4.78 is 32.4. The van der Waals surface area contributed by atoms with E-state index in [1.165, 1.54) is 23.4 Å². The highest BCUT2D eigenvalue weighted by molar-refractivity contribution is 7.89. The van der Waals surface area contributed by atoms with E-state index in [0.29, 0.717) is 64.7 Å². The topological polar surface area (TPSA) is 100 Å². The number of benzene rings is 1. The molecule has 28 heavy (non-hydrogen) atoms. The average molecular weight is 412 g/mol. The van der Waals surface area contributed by atoms with Crippen LogP contribution in [0.2, 0.25) is 0 Å². The van der Waals surface area contributed by atoms with Gasteiger partial charge >= 0.3 is 0 Å². The van der Waals surface area contributed by atoms with Crippen LogP contribution in [-0.4, -0.2) is 88.5 Å². The first kappa shape index (κ1) is 20.7. The fraction of sp³-hybridized carbons (Fsp3) is 0.556. The highest BCUT2D eigenvalue weighted by Crippen LogP contribution is 2.18. The molecule has 9 nitrogen and oxygen atoms in total. The molecular formula is C18H27N4O5S+. The molecule has 2 aliphatic heterocycles. The molecule has 0 bridgehead atoms. The first-order chi connectivity index (χ1) is 13.4. The molecule has 0 radical (unpaired) electrons. The monoisotopic (exact) mass is 411 g/mol. The SMILES string of the molecule is CC(=O)Nc1ccc(S(=O)(=O)N2CC[NH+](CC(=O)N3CCOCC3)CC2)cc1. The molecule has 0 aliphatic carbocycles. The summed E-state index contributed by atoms with van der Waals surface area (Å²) in [5.74, 6) is -0.107. The lowest BCUT2D eigenvalue weighted by Gasteiger charge is -2.33. The number of hydrogen-bond acceptors (Lipinski definition) is 5. The van der Waals surface area contributed by atoms with E-state index in [9.17, 15) is 18.0 Å². The molecule has 0 saturated carbocycles. The Hall–Kier alpha value is -2.01. The molecule has 2 amide bonds. The van der Waals surface area contributed by atoms with E-state index in [1.807, 2.05) is 4.90 Å². The number of hydrogen-bond donors (Lipinski definition) is 2. The molecule has 0 unspecified atom stereocenters. The van der Waals surface area contributed by atoms with Gasteiger partial charge in [-0.1, -0.05) is 0 Å². The van der Waals surface area contributed by atoms with E-state index in [-0.39, 0.29) is 16.7 Å². The van der Waals surface area contributed by atoms with Gasteiger partial charge in [0.25, 0.3) is 5.91 Å². The van der Waals surface area contributed by atoms with Crippen molar-refractivity contribution in [3.8, 4) is 0 Å². The van der Waals surface area contributed by atoms with Crippen LogP contribution < -0.4 is 10.2 Å². The zero-order chi connectivity index (χ0) is 20.1. The smallest absolute Gasteiger partial charge is 0.277 e. The fourth-order valence-electron chi connectivity index (χ4n) is 3.42. The minimum Gasteiger partial charge on any atom is -0.378 e. The normalized spacial score (nSPS) is 19.4. The third kappa shape index (κ3) is 5.07. The molecule has 2 N–H and O–H groups in total. The van der Waals surface area contributed by atoms with Crippen molar-refractivity contribution in [3.63, 3.8) is 0 Å². The van der Waals surface area contributed by atoms with Crippen molar-refractivity contribution in [3.05, 3.63) is 24.3 Å². The number of carbonyl (C=O) groups is 2.